The van der Waals surface area contributed by atoms with Crippen molar-refractivity contribution in [3.63, 3.8) is 0 Å². The van der Waals surface area contributed by atoms with E-state index in [1.54, 1.807) is 24.0 Å². The van der Waals surface area contributed by atoms with Crippen molar-refractivity contribution in [2.75, 3.05) is 12.3 Å². The van der Waals surface area contributed by atoms with Gasteiger partial charge in [-0.15, -0.1) is 11.8 Å². The Kier molecular flexibility index (Phi) is 9.01. The maximum atomic E-state index is 13.2. The number of benzene rings is 2. The van der Waals surface area contributed by atoms with E-state index in [1.807, 2.05) is 37.3 Å². The van der Waals surface area contributed by atoms with Crippen molar-refractivity contribution < 1.29 is 14.0 Å². The number of halogens is 1. The van der Waals surface area contributed by atoms with Crippen LogP contribution in [0, 0.1) is 5.82 Å². The molecule has 0 bridgehead atoms. The summed E-state index contributed by atoms with van der Waals surface area (Å²) in [6.45, 7) is 4.55. The smallest absolute Gasteiger partial charge is 0.242 e. The zero-order valence-electron chi connectivity index (χ0n) is 16.4. The summed E-state index contributed by atoms with van der Waals surface area (Å²) < 4.78 is 13.2. The molecule has 0 aliphatic heterocycles. The topological polar surface area (TPSA) is 49.4 Å². The quantitative estimate of drug-likeness (QED) is 0.653. The van der Waals surface area contributed by atoms with Gasteiger partial charge in [-0.3, -0.25) is 9.59 Å². The van der Waals surface area contributed by atoms with Crippen LogP contribution in [0.3, 0.4) is 0 Å². The predicted molar refractivity (Wildman–Crippen MR) is 112 cm³/mol. The number of nitrogens with zero attached hydrogens (tertiary/aromatic N) is 1. The Morgan fingerprint density at radius 1 is 1.07 bits per heavy atom. The maximum absolute atomic E-state index is 13.2. The van der Waals surface area contributed by atoms with Crippen molar-refractivity contribution in [3.8, 4) is 0 Å². The molecule has 4 nitrogen and oxygen atoms in total. The molecule has 2 amide bonds. The van der Waals surface area contributed by atoms with E-state index in [4.69, 9.17) is 0 Å². The van der Waals surface area contributed by atoms with Crippen molar-refractivity contribution in [1.82, 2.24) is 10.2 Å². The second kappa shape index (κ2) is 11.5. The van der Waals surface area contributed by atoms with Gasteiger partial charge in [-0.05, 0) is 36.6 Å². The summed E-state index contributed by atoms with van der Waals surface area (Å²) in [7, 11) is 0. The highest BCUT2D eigenvalue weighted by Gasteiger charge is 2.25. The molecule has 1 atom stereocenters. The first-order valence-corrected chi connectivity index (χ1v) is 10.6. The molecule has 0 aliphatic carbocycles. The number of rotatable bonds is 10. The van der Waals surface area contributed by atoms with Crippen LogP contribution in [0.1, 0.15) is 31.4 Å². The summed E-state index contributed by atoms with van der Waals surface area (Å²) >= 11 is 1.52. The molecule has 28 heavy (non-hydrogen) atoms. The summed E-state index contributed by atoms with van der Waals surface area (Å²) in [5.74, 6) is 0.401. The van der Waals surface area contributed by atoms with Gasteiger partial charge < -0.3 is 10.2 Å². The standard InChI is InChI=1S/C22H27FN2O2S/c1-3-13-24-22(27)17(2)25(14-18-9-11-20(23)12-10-18)21(26)16-28-15-19-7-5-4-6-8-19/h4-12,17H,3,13-16H2,1-2H3,(H,24,27)/t17-/m1/s1. The summed E-state index contributed by atoms with van der Waals surface area (Å²) in [6.07, 6.45) is 0.831. The van der Waals surface area contributed by atoms with Crippen molar-refractivity contribution in [1.29, 1.82) is 0 Å². The fourth-order valence-corrected chi connectivity index (χ4v) is 3.55. The number of carbonyl (C=O) groups is 2. The lowest BCUT2D eigenvalue weighted by Gasteiger charge is -2.28. The molecule has 0 aliphatic rings. The molecular formula is C22H27FN2O2S. The minimum Gasteiger partial charge on any atom is -0.354 e. The SMILES string of the molecule is CCCNC(=O)[C@@H](C)N(Cc1ccc(F)cc1)C(=O)CSCc1ccccc1. The molecule has 0 heterocycles. The van der Waals surface area contributed by atoms with Gasteiger partial charge in [0, 0.05) is 18.8 Å². The molecule has 0 spiro atoms. The molecule has 2 rings (SSSR count). The van der Waals surface area contributed by atoms with Crippen LogP contribution in [0.4, 0.5) is 4.39 Å². The first kappa shape index (κ1) is 22.0. The monoisotopic (exact) mass is 402 g/mol. The number of hydrogen-bond acceptors (Lipinski definition) is 3. The number of carbonyl (C=O) groups excluding carboxylic acids is 2. The third-order valence-electron chi connectivity index (χ3n) is 4.32. The van der Waals surface area contributed by atoms with E-state index in [1.165, 1.54) is 23.9 Å². The van der Waals surface area contributed by atoms with Gasteiger partial charge in [0.1, 0.15) is 11.9 Å². The molecule has 0 unspecified atom stereocenters. The number of hydrogen-bond donors (Lipinski definition) is 1. The van der Waals surface area contributed by atoms with Crippen molar-refractivity contribution >= 4 is 23.6 Å². The highest BCUT2D eigenvalue weighted by atomic mass is 32.2. The second-order valence-corrected chi connectivity index (χ2v) is 7.58. The third kappa shape index (κ3) is 7.00. The Balaban J connectivity index is 2.03. The lowest BCUT2D eigenvalue weighted by atomic mass is 10.1. The van der Waals surface area contributed by atoms with Crippen LogP contribution in [-0.4, -0.2) is 35.1 Å². The van der Waals surface area contributed by atoms with Crippen molar-refractivity contribution in [2.24, 2.45) is 0 Å². The van der Waals surface area contributed by atoms with Gasteiger partial charge >= 0.3 is 0 Å². The molecule has 0 fully saturated rings. The van der Waals surface area contributed by atoms with E-state index in [2.05, 4.69) is 5.32 Å². The van der Waals surface area contributed by atoms with Crippen LogP contribution >= 0.6 is 11.8 Å². The van der Waals surface area contributed by atoms with E-state index in [-0.39, 0.29) is 29.9 Å². The molecule has 6 heteroatoms. The highest BCUT2D eigenvalue weighted by molar-refractivity contribution is 7.99. The first-order chi connectivity index (χ1) is 13.5. The zero-order chi connectivity index (χ0) is 20.4. The minimum atomic E-state index is -0.596. The molecule has 1 N–H and O–H groups in total. The van der Waals surface area contributed by atoms with Crippen molar-refractivity contribution in [2.45, 2.75) is 38.6 Å². The second-order valence-electron chi connectivity index (χ2n) is 6.59. The van der Waals surface area contributed by atoms with E-state index >= 15 is 0 Å². The fourth-order valence-electron chi connectivity index (χ4n) is 2.68. The third-order valence-corrected chi connectivity index (χ3v) is 5.31. The summed E-state index contributed by atoms with van der Waals surface area (Å²) in [5.41, 5.74) is 1.94. The van der Waals surface area contributed by atoms with Crippen LogP contribution in [0.2, 0.25) is 0 Å². The van der Waals surface area contributed by atoms with Gasteiger partial charge in [0.25, 0.3) is 0 Å². The Bertz CT molecular complexity index is 753. The Morgan fingerprint density at radius 2 is 1.75 bits per heavy atom. The van der Waals surface area contributed by atoms with E-state index < -0.39 is 6.04 Å². The summed E-state index contributed by atoms with van der Waals surface area (Å²) in [4.78, 5) is 26.9. The van der Waals surface area contributed by atoms with Gasteiger partial charge in [0.05, 0.1) is 5.75 Å². The van der Waals surface area contributed by atoms with E-state index in [0.29, 0.717) is 6.54 Å². The molecule has 2 aromatic carbocycles. The van der Waals surface area contributed by atoms with Gasteiger partial charge in [-0.2, -0.15) is 0 Å². The molecule has 0 saturated heterocycles. The molecular weight excluding hydrogens is 375 g/mol. The van der Waals surface area contributed by atoms with Crippen LogP contribution in [0.5, 0.6) is 0 Å². The van der Waals surface area contributed by atoms with Crippen LogP contribution in [-0.2, 0) is 21.9 Å². The summed E-state index contributed by atoms with van der Waals surface area (Å²) in [6, 6.07) is 15.4. The Hall–Kier alpha value is -2.34. The van der Waals surface area contributed by atoms with E-state index in [0.717, 1.165) is 23.3 Å². The Labute approximate surface area is 170 Å². The maximum Gasteiger partial charge on any atom is 0.242 e. The van der Waals surface area contributed by atoms with Crippen LogP contribution in [0.25, 0.3) is 0 Å². The molecule has 2 aromatic rings. The van der Waals surface area contributed by atoms with Gasteiger partial charge in [0.15, 0.2) is 0 Å². The minimum absolute atomic E-state index is 0.107. The normalized spacial score (nSPS) is 11.7. The van der Waals surface area contributed by atoms with Crippen molar-refractivity contribution in [3.05, 3.63) is 71.5 Å². The van der Waals surface area contributed by atoms with Crippen LogP contribution in [0.15, 0.2) is 54.6 Å². The largest absolute Gasteiger partial charge is 0.354 e. The number of nitrogens with one attached hydrogen (secondary N) is 1. The number of amides is 2. The number of thioether (sulfide) groups is 1. The lowest BCUT2D eigenvalue weighted by molar-refractivity contribution is -0.138. The van der Waals surface area contributed by atoms with Crippen LogP contribution < -0.4 is 5.32 Å². The lowest BCUT2D eigenvalue weighted by Crippen LogP contribution is -2.48. The average Bonchev–Trinajstić information content (AvgIpc) is 2.71. The predicted octanol–water partition coefficient (Wildman–Crippen LogP) is 4.00. The van der Waals surface area contributed by atoms with Gasteiger partial charge in [-0.1, -0.05) is 49.4 Å². The average molecular weight is 403 g/mol. The highest BCUT2D eigenvalue weighted by Crippen LogP contribution is 2.16. The van der Waals surface area contributed by atoms with E-state index in [9.17, 15) is 14.0 Å². The first-order valence-electron chi connectivity index (χ1n) is 9.44. The van der Waals surface area contributed by atoms with Gasteiger partial charge in [0.2, 0.25) is 11.8 Å². The van der Waals surface area contributed by atoms with Gasteiger partial charge in [-0.25, -0.2) is 4.39 Å². The zero-order valence-corrected chi connectivity index (χ0v) is 17.2. The fraction of sp³-hybridized carbons (Fsp3) is 0.364. The Morgan fingerprint density at radius 3 is 2.39 bits per heavy atom. The molecule has 0 saturated carbocycles. The summed E-state index contributed by atoms with van der Waals surface area (Å²) in [5, 5.41) is 2.84. The molecule has 0 aromatic heterocycles. The molecule has 150 valence electrons. The molecule has 0 radical (unpaired) electrons.